The molecule has 0 fully saturated rings. The van der Waals surface area contributed by atoms with Crippen LogP contribution in [0, 0.1) is 0 Å². The first-order valence-corrected chi connectivity index (χ1v) is 7.54. The SMILES string of the molecule is CCNC(=O)CC[C@H](N)C(=O)O.NC(=O)CC(=O)CC[C@H](N)C(=O)O. The van der Waals surface area contributed by atoms with Gasteiger partial charge in [0.05, 0.1) is 6.42 Å². The van der Waals surface area contributed by atoms with Crippen molar-refractivity contribution in [3.63, 3.8) is 0 Å². The summed E-state index contributed by atoms with van der Waals surface area (Å²) in [5.41, 5.74) is 15.1. The Hall–Kier alpha value is -2.53. The van der Waals surface area contributed by atoms with Gasteiger partial charge in [-0.2, -0.15) is 0 Å². The second-order valence-corrected chi connectivity index (χ2v) is 5.10. The fourth-order valence-corrected chi connectivity index (χ4v) is 1.42. The average Bonchev–Trinajstić information content (AvgIpc) is 2.50. The fourth-order valence-electron chi connectivity index (χ4n) is 1.42. The highest BCUT2D eigenvalue weighted by molar-refractivity contribution is 5.97. The third-order valence-electron chi connectivity index (χ3n) is 2.80. The third kappa shape index (κ3) is 16.1. The van der Waals surface area contributed by atoms with E-state index in [1.165, 1.54) is 0 Å². The van der Waals surface area contributed by atoms with Crippen LogP contribution < -0.4 is 22.5 Å². The van der Waals surface area contributed by atoms with Crippen molar-refractivity contribution in [2.24, 2.45) is 17.2 Å². The smallest absolute Gasteiger partial charge is 0.320 e. The predicted molar refractivity (Wildman–Crippen MR) is 87.2 cm³/mol. The number of amides is 2. The van der Waals surface area contributed by atoms with Crippen LogP contribution in [0.5, 0.6) is 0 Å². The number of carboxylic acids is 2. The van der Waals surface area contributed by atoms with Crippen molar-refractivity contribution < 1.29 is 34.2 Å². The van der Waals surface area contributed by atoms with Gasteiger partial charge in [0.25, 0.3) is 0 Å². The molecule has 0 unspecified atom stereocenters. The lowest BCUT2D eigenvalue weighted by Gasteiger charge is -2.05. The lowest BCUT2D eigenvalue weighted by molar-refractivity contribution is -0.139. The van der Waals surface area contributed by atoms with Crippen LogP contribution in [-0.2, 0) is 24.0 Å². The van der Waals surface area contributed by atoms with E-state index in [1.807, 2.05) is 0 Å². The quantitative estimate of drug-likeness (QED) is 0.222. The van der Waals surface area contributed by atoms with E-state index in [4.69, 9.17) is 27.4 Å². The molecule has 0 radical (unpaired) electrons. The number of hydrogen-bond acceptors (Lipinski definition) is 7. The van der Waals surface area contributed by atoms with Gasteiger partial charge in [0.15, 0.2) is 0 Å². The maximum absolute atomic E-state index is 10.8. The number of nitrogens with two attached hydrogens (primary N) is 3. The zero-order valence-electron chi connectivity index (χ0n) is 14.1. The van der Waals surface area contributed by atoms with Crippen molar-refractivity contribution in [2.75, 3.05) is 6.54 Å². The average molecular weight is 362 g/mol. The highest BCUT2D eigenvalue weighted by atomic mass is 16.4. The molecule has 2 amide bonds. The predicted octanol–water partition coefficient (Wildman–Crippen LogP) is -2.06. The van der Waals surface area contributed by atoms with E-state index in [0.717, 1.165) is 0 Å². The number of hydrogen-bond donors (Lipinski definition) is 6. The number of carbonyl (C=O) groups excluding carboxylic acids is 3. The lowest BCUT2D eigenvalue weighted by atomic mass is 10.1. The second-order valence-electron chi connectivity index (χ2n) is 5.10. The molecule has 144 valence electrons. The van der Waals surface area contributed by atoms with Crippen LogP contribution in [-0.4, -0.2) is 58.4 Å². The number of rotatable bonds is 11. The lowest BCUT2D eigenvalue weighted by Crippen LogP contribution is -2.32. The molecule has 0 saturated carbocycles. The summed E-state index contributed by atoms with van der Waals surface area (Å²) in [6.07, 6.45) is -0.00728. The Morgan fingerprint density at radius 2 is 1.36 bits per heavy atom. The first-order valence-electron chi connectivity index (χ1n) is 7.54. The van der Waals surface area contributed by atoms with Gasteiger partial charge in [-0.1, -0.05) is 0 Å². The minimum atomic E-state index is -1.16. The summed E-state index contributed by atoms with van der Waals surface area (Å²) in [6, 6.07) is -2.00. The maximum atomic E-state index is 10.8. The van der Waals surface area contributed by atoms with E-state index in [2.05, 4.69) is 5.32 Å². The van der Waals surface area contributed by atoms with E-state index in [-0.39, 0.29) is 43.8 Å². The molecule has 0 saturated heterocycles. The molecule has 2 atom stereocenters. The number of carboxylic acid groups (broad SMARTS) is 2. The van der Waals surface area contributed by atoms with Gasteiger partial charge < -0.3 is 32.7 Å². The summed E-state index contributed by atoms with van der Waals surface area (Å²) in [6.45, 7) is 2.36. The van der Waals surface area contributed by atoms with Crippen molar-refractivity contribution in [1.82, 2.24) is 5.32 Å². The molecule has 0 aromatic carbocycles. The van der Waals surface area contributed by atoms with Crippen LogP contribution in [0.15, 0.2) is 0 Å². The summed E-state index contributed by atoms with van der Waals surface area (Å²) in [5.74, 6) is -3.49. The molecule has 9 N–H and O–H groups in total. The molecular weight excluding hydrogens is 336 g/mol. The standard InChI is InChI=1S/C7H12N2O4.C7H14N2O3/c8-5(7(12)13)2-1-4(10)3-6(9)11;1-2-9-6(10)4-3-5(8)7(11)12/h5H,1-3,8H2,(H2,9,11)(H,12,13);5H,2-4,8H2,1H3,(H,9,10)(H,11,12)/t2*5-/m00/s1. The van der Waals surface area contributed by atoms with Crippen LogP contribution >= 0.6 is 0 Å². The Morgan fingerprint density at radius 3 is 1.72 bits per heavy atom. The Kier molecular flexibility index (Phi) is 13.7. The Bertz CT molecular complexity index is 482. The zero-order valence-corrected chi connectivity index (χ0v) is 14.1. The normalized spacial score (nSPS) is 12.1. The first kappa shape index (κ1) is 24.7. The Balaban J connectivity index is 0. The van der Waals surface area contributed by atoms with Gasteiger partial charge in [-0.15, -0.1) is 0 Å². The summed E-state index contributed by atoms with van der Waals surface area (Å²) in [5, 5.41) is 19.3. The molecule has 0 spiro atoms. The number of nitrogens with one attached hydrogen (secondary N) is 1. The van der Waals surface area contributed by atoms with E-state index >= 15 is 0 Å². The topological polar surface area (TPSA) is 216 Å². The van der Waals surface area contributed by atoms with Gasteiger partial charge in [0, 0.05) is 19.4 Å². The van der Waals surface area contributed by atoms with Gasteiger partial charge in [-0.3, -0.25) is 24.0 Å². The minimum absolute atomic E-state index is 0.0292. The maximum Gasteiger partial charge on any atom is 0.320 e. The molecule has 0 aliphatic rings. The first-order chi connectivity index (χ1) is 11.5. The second kappa shape index (κ2) is 13.9. The van der Waals surface area contributed by atoms with Crippen LogP contribution in [0.25, 0.3) is 0 Å². The summed E-state index contributed by atoms with van der Waals surface area (Å²) in [4.78, 5) is 52.3. The molecule has 0 bridgehead atoms. The van der Waals surface area contributed by atoms with Crippen molar-refractivity contribution in [3.8, 4) is 0 Å². The summed E-state index contributed by atoms with van der Waals surface area (Å²) < 4.78 is 0. The molecule has 0 heterocycles. The van der Waals surface area contributed by atoms with Crippen molar-refractivity contribution in [1.29, 1.82) is 0 Å². The fraction of sp³-hybridized carbons (Fsp3) is 0.643. The van der Waals surface area contributed by atoms with Crippen molar-refractivity contribution in [3.05, 3.63) is 0 Å². The molecule has 25 heavy (non-hydrogen) atoms. The molecule has 0 rings (SSSR count). The molecule has 0 aliphatic heterocycles. The van der Waals surface area contributed by atoms with Gasteiger partial charge in [-0.05, 0) is 19.8 Å². The molecule has 11 nitrogen and oxygen atoms in total. The van der Waals surface area contributed by atoms with Crippen LogP contribution in [0.1, 0.15) is 39.0 Å². The van der Waals surface area contributed by atoms with Crippen molar-refractivity contribution in [2.45, 2.75) is 51.1 Å². The number of ketones is 1. The number of primary amides is 1. The van der Waals surface area contributed by atoms with Crippen LogP contribution in [0.2, 0.25) is 0 Å². The number of Topliss-reactive ketones (excluding diaryl/α,β-unsaturated/α-hetero) is 1. The van der Waals surface area contributed by atoms with Gasteiger partial charge in [0.2, 0.25) is 11.8 Å². The van der Waals surface area contributed by atoms with E-state index in [1.54, 1.807) is 6.92 Å². The molecule has 0 aromatic heterocycles. The van der Waals surface area contributed by atoms with Crippen LogP contribution in [0.4, 0.5) is 0 Å². The minimum Gasteiger partial charge on any atom is -0.480 e. The summed E-state index contributed by atoms with van der Waals surface area (Å²) >= 11 is 0. The monoisotopic (exact) mass is 362 g/mol. The highest BCUT2D eigenvalue weighted by Gasteiger charge is 2.14. The number of carbonyl (C=O) groups is 5. The highest BCUT2D eigenvalue weighted by Crippen LogP contribution is 1.98. The Labute approximate surface area is 144 Å². The zero-order chi connectivity index (χ0) is 20.0. The van der Waals surface area contributed by atoms with Crippen LogP contribution in [0.3, 0.4) is 0 Å². The third-order valence-corrected chi connectivity index (χ3v) is 2.80. The molecule has 0 aliphatic carbocycles. The number of aliphatic carboxylic acids is 2. The molecular formula is C14H26N4O7. The van der Waals surface area contributed by atoms with Gasteiger partial charge >= 0.3 is 11.9 Å². The van der Waals surface area contributed by atoms with E-state index in [0.29, 0.717) is 6.54 Å². The van der Waals surface area contributed by atoms with Gasteiger partial charge in [0.1, 0.15) is 17.9 Å². The van der Waals surface area contributed by atoms with Gasteiger partial charge in [-0.25, -0.2) is 0 Å². The molecule has 11 heteroatoms. The molecule has 0 aromatic rings. The van der Waals surface area contributed by atoms with E-state index < -0.39 is 29.9 Å². The Morgan fingerprint density at radius 1 is 0.920 bits per heavy atom. The van der Waals surface area contributed by atoms with Crippen molar-refractivity contribution >= 4 is 29.5 Å². The largest absolute Gasteiger partial charge is 0.480 e. The summed E-state index contributed by atoms with van der Waals surface area (Å²) in [7, 11) is 0. The van der Waals surface area contributed by atoms with E-state index in [9.17, 15) is 24.0 Å².